The Morgan fingerprint density at radius 2 is 1.75 bits per heavy atom. The van der Waals surface area contributed by atoms with E-state index in [1.54, 1.807) is 24.7 Å². The first kappa shape index (κ1) is 19.6. The molecule has 0 saturated heterocycles. The Hall–Kier alpha value is -4.39. The number of halogens is 1. The van der Waals surface area contributed by atoms with Gasteiger partial charge in [-0.05, 0) is 60.5 Å². The van der Waals surface area contributed by atoms with Crippen LogP contribution in [0.5, 0.6) is 0 Å². The van der Waals surface area contributed by atoms with Crippen molar-refractivity contribution in [2.45, 2.75) is 6.92 Å². The summed E-state index contributed by atoms with van der Waals surface area (Å²) in [6, 6.07) is 17.1. The highest BCUT2D eigenvalue weighted by Gasteiger charge is 2.15. The van der Waals surface area contributed by atoms with E-state index < -0.39 is 0 Å². The largest absolute Gasteiger partial charge is 0.322 e. The first-order chi connectivity index (χ1) is 15.6. The van der Waals surface area contributed by atoms with Crippen LogP contribution in [-0.2, 0) is 0 Å². The predicted molar refractivity (Wildman–Crippen MR) is 121 cm³/mol. The molecule has 0 aliphatic heterocycles. The molecule has 32 heavy (non-hydrogen) atoms. The number of nitrogens with one attached hydrogen (secondary N) is 1. The number of hydrogen-bond donors (Lipinski definition) is 1. The van der Waals surface area contributed by atoms with E-state index in [2.05, 4.69) is 20.3 Å². The summed E-state index contributed by atoms with van der Waals surface area (Å²) in [5.41, 5.74) is 4.60. The number of aryl methyl sites for hydroxylation is 1. The maximum atomic E-state index is 13.2. The second-order valence-electron chi connectivity index (χ2n) is 7.32. The molecule has 0 atom stereocenters. The van der Waals surface area contributed by atoms with Gasteiger partial charge in [-0.1, -0.05) is 18.2 Å². The monoisotopic (exact) mass is 423 g/mol. The predicted octanol–water partition coefficient (Wildman–Crippen LogP) is 5.16. The molecule has 6 nitrogen and oxygen atoms in total. The first-order valence-electron chi connectivity index (χ1n) is 10.0. The average molecular weight is 423 g/mol. The third-order valence-electron chi connectivity index (χ3n) is 5.23. The van der Waals surface area contributed by atoms with Crippen LogP contribution in [0.1, 0.15) is 15.9 Å². The number of aromatic nitrogens is 4. The number of carbonyl (C=O) groups is 1. The van der Waals surface area contributed by atoms with Crippen molar-refractivity contribution in [1.82, 2.24) is 19.4 Å². The normalized spacial score (nSPS) is 10.9. The summed E-state index contributed by atoms with van der Waals surface area (Å²) in [6.45, 7) is 1.88. The van der Waals surface area contributed by atoms with Gasteiger partial charge in [0.15, 0.2) is 11.6 Å². The SMILES string of the molecule is Cc1ccc(-c2cccn3c(-c4ncccn4)ncc23)cc1C(=O)Nc1ccc(F)cc1. The van der Waals surface area contributed by atoms with E-state index in [9.17, 15) is 9.18 Å². The number of carbonyl (C=O) groups excluding carboxylic acids is 1. The van der Waals surface area contributed by atoms with Crippen LogP contribution >= 0.6 is 0 Å². The van der Waals surface area contributed by atoms with Gasteiger partial charge in [0.05, 0.1) is 11.7 Å². The minimum atomic E-state index is -0.352. The van der Waals surface area contributed by atoms with Gasteiger partial charge in [-0.3, -0.25) is 9.20 Å². The molecule has 1 amide bonds. The fraction of sp³-hybridized carbons (Fsp3) is 0.0400. The van der Waals surface area contributed by atoms with E-state index in [4.69, 9.17) is 0 Å². The standard InChI is InChI=1S/C25H18FN5O/c1-16-5-6-17(14-21(16)25(32)30-19-9-7-18(26)8-10-19)20-4-2-13-31-22(20)15-29-24(31)23-27-11-3-12-28-23/h2-15H,1H3,(H,30,32). The number of fused-ring (bicyclic) bond motifs is 1. The number of anilines is 1. The molecule has 2 aromatic carbocycles. The smallest absolute Gasteiger partial charge is 0.255 e. The highest BCUT2D eigenvalue weighted by molar-refractivity contribution is 6.06. The molecular weight excluding hydrogens is 405 g/mol. The Labute approximate surface area is 183 Å². The summed E-state index contributed by atoms with van der Waals surface area (Å²) in [5.74, 6) is 0.571. The van der Waals surface area contributed by atoms with Gasteiger partial charge in [-0.15, -0.1) is 0 Å². The third-order valence-corrected chi connectivity index (χ3v) is 5.23. The number of amides is 1. The second-order valence-corrected chi connectivity index (χ2v) is 7.32. The van der Waals surface area contributed by atoms with E-state index in [0.29, 0.717) is 22.9 Å². The Morgan fingerprint density at radius 3 is 2.53 bits per heavy atom. The zero-order chi connectivity index (χ0) is 22.1. The highest BCUT2D eigenvalue weighted by atomic mass is 19.1. The van der Waals surface area contributed by atoms with Crippen LogP contribution in [0.2, 0.25) is 0 Å². The molecule has 0 unspecified atom stereocenters. The van der Waals surface area contributed by atoms with Crippen LogP contribution in [0.3, 0.4) is 0 Å². The molecule has 5 aromatic rings. The lowest BCUT2D eigenvalue weighted by Gasteiger charge is -2.11. The van der Waals surface area contributed by atoms with Crippen molar-refractivity contribution in [3.05, 3.63) is 102 Å². The quantitative estimate of drug-likeness (QED) is 0.434. The molecule has 0 radical (unpaired) electrons. The summed E-state index contributed by atoms with van der Waals surface area (Å²) in [5, 5.41) is 2.83. The Bertz CT molecular complexity index is 1430. The molecule has 0 aliphatic rings. The number of hydrogen-bond acceptors (Lipinski definition) is 4. The molecule has 0 aliphatic carbocycles. The van der Waals surface area contributed by atoms with Crippen LogP contribution < -0.4 is 5.32 Å². The maximum Gasteiger partial charge on any atom is 0.255 e. The number of nitrogens with zero attached hydrogens (tertiary/aromatic N) is 4. The van der Waals surface area contributed by atoms with Gasteiger partial charge in [0.1, 0.15) is 5.82 Å². The Morgan fingerprint density at radius 1 is 0.969 bits per heavy atom. The van der Waals surface area contributed by atoms with Crippen molar-refractivity contribution < 1.29 is 9.18 Å². The average Bonchev–Trinajstić information content (AvgIpc) is 3.26. The van der Waals surface area contributed by atoms with Crippen LogP contribution in [0.15, 0.2) is 85.5 Å². The minimum Gasteiger partial charge on any atom is -0.322 e. The molecular formula is C25H18FN5O. The number of rotatable bonds is 4. The number of benzene rings is 2. The molecule has 156 valence electrons. The van der Waals surface area contributed by atoms with Crippen LogP contribution in [0.4, 0.5) is 10.1 Å². The Kier molecular flexibility index (Phi) is 4.91. The molecule has 5 rings (SSSR count). The van der Waals surface area contributed by atoms with Crippen molar-refractivity contribution in [2.24, 2.45) is 0 Å². The van der Waals surface area contributed by atoms with E-state index in [1.807, 2.05) is 47.9 Å². The summed E-state index contributed by atoms with van der Waals surface area (Å²) < 4.78 is 15.1. The molecule has 0 spiro atoms. The van der Waals surface area contributed by atoms with Gasteiger partial charge in [0.2, 0.25) is 0 Å². The number of pyridine rings is 1. The third kappa shape index (κ3) is 3.60. The number of imidazole rings is 1. The zero-order valence-corrected chi connectivity index (χ0v) is 17.2. The van der Waals surface area contributed by atoms with Gasteiger partial charge in [0, 0.05) is 35.4 Å². The lowest BCUT2D eigenvalue weighted by molar-refractivity contribution is 0.102. The topological polar surface area (TPSA) is 72.2 Å². The van der Waals surface area contributed by atoms with Crippen LogP contribution in [0, 0.1) is 12.7 Å². The fourth-order valence-electron chi connectivity index (χ4n) is 3.61. The van der Waals surface area contributed by atoms with Gasteiger partial charge in [-0.25, -0.2) is 19.3 Å². The molecule has 7 heteroatoms. The molecule has 0 bridgehead atoms. The van der Waals surface area contributed by atoms with Crippen molar-refractivity contribution in [3.63, 3.8) is 0 Å². The lowest BCUT2D eigenvalue weighted by Crippen LogP contribution is -2.13. The van der Waals surface area contributed by atoms with Crippen molar-refractivity contribution in [1.29, 1.82) is 0 Å². The zero-order valence-electron chi connectivity index (χ0n) is 17.2. The van der Waals surface area contributed by atoms with Crippen molar-refractivity contribution in [3.8, 4) is 22.8 Å². The lowest BCUT2D eigenvalue weighted by atomic mass is 9.99. The fourth-order valence-corrected chi connectivity index (χ4v) is 3.61. The first-order valence-corrected chi connectivity index (χ1v) is 10.0. The van der Waals surface area contributed by atoms with Crippen molar-refractivity contribution >= 4 is 17.1 Å². The van der Waals surface area contributed by atoms with Gasteiger partial charge in [-0.2, -0.15) is 0 Å². The molecule has 1 N–H and O–H groups in total. The van der Waals surface area contributed by atoms with E-state index >= 15 is 0 Å². The minimum absolute atomic E-state index is 0.255. The summed E-state index contributed by atoms with van der Waals surface area (Å²) in [6.07, 6.45) is 7.05. The van der Waals surface area contributed by atoms with Gasteiger partial charge >= 0.3 is 0 Å². The highest BCUT2D eigenvalue weighted by Crippen LogP contribution is 2.29. The second kappa shape index (κ2) is 8.03. The molecule has 3 heterocycles. The summed E-state index contributed by atoms with van der Waals surface area (Å²) in [7, 11) is 0. The molecule has 0 saturated carbocycles. The van der Waals surface area contributed by atoms with Crippen LogP contribution in [0.25, 0.3) is 28.3 Å². The van der Waals surface area contributed by atoms with E-state index in [0.717, 1.165) is 22.2 Å². The van der Waals surface area contributed by atoms with Crippen LogP contribution in [-0.4, -0.2) is 25.3 Å². The summed E-state index contributed by atoms with van der Waals surface area (Å²) >= 11 is 0. The molecule has 3 aromatic heterocycles. The van der Waals surface area contributed by atoms with Gasteiger partial charge in [0.25, 0.3) is 5.91 Å². The van der Waals surface area contributed by atoms with Crippen molar-refractivity contribution in [2.75, 3.05) is 5.32 Å². The van der Waals surface area contributed by atoms with E-state index in [-0.39, 0.29) is 11.7 Å². The molecule has 0 fully saturated rings. The Balaban J connectivity index is 1.54. The maximum absolute atomic E-state index is 13.2. The van der Waals surface area contributed by atoms with Gasteiger partial charge < -0.3 is 5.32 Å². The summed E-state index contributed by atoms with van der Waals surface area (Å²) in [4.78, 5) is 26.0. The van der Waals surface area contributed by atoms with E-state index in [1.165, 1.54) is 24.3 Å².